The predicted molar refractivity (Wildman–Crippen MR) is 238 cm³/mol. The number of para-hydroxylation sites is 2. The molecular weight excluding hydrogens is 677 g/mol. The van der Waals surface area contributed by atoms with Gasteiger partial charge in [0.25, 0.3) is 0 Å². The lowest BCUT2D eigenvalue weighted by Gasteiger charge is -2.30. The van der Waals surface area contributed by atoms with Crippen LogP contribution in [0, 0.1) is 0 Å². The topological polar surface area (TPSA) is 8.17 Å². The molecule has 0 radical (unpaired) electrons. The number of hydrogen-bond acceptors (Lipinski definition) is 1. The Balaban J connectivity index is 1.18. The monoisotopic (exact) mass is 710 g/mol. The maximum Gasteiger partial charge on any atom is 0.0561 e. The summed E-state index contributed by atoms with van der Waals surface area (Å²) in [5, 5.41) is 10.1. The summed E-state index contributed by atoms with van der Waals surface area (Å²) in [5.41, 5.74) is 14.4. The second-order valence-corrected chi connectivity index (χ2v) is 14.9. The van der Waals surface area contributed by atoms with E-state index in [0.29, 0.717) is 0 Å². The Kier molecular flexibility index (Phi) is 6.66. The van der Waals surface area contributed by atoms with Crippen LogP contribution in [-0.2, 0) is 0 Å². The maximum absolute atomic E-state index is 2.52. The van der Waals surface area contributed by atoms with Gasteiger partial charge >= 0.3 is 0 Å². The van der Waals surface area contributed by atoms with Crippen LogP contribution in [0.15, 0.2) is 206 Å². The number of hydrogen-bond donors (Lipinski definition) is 0. The smallest absolute Gasteiger partial charge is 0.0561 e. The predicted octanol–water partition coefficient (Wildman–Crippen LogP) is 15.0. The molecule has 0 unspecified atom stereocenters. The van der Waals surface area contributed by atoms with E-state index in [-0.39, 0.29) is 0 Å². The summed E-state index contributed by atoms with van der Waals surface area (Å²) in [6, 6.07) is 75.9. The summed E-state index contributed by atoms with van der Waals surface area (Å²) in [7, 11) is 0. The Morgan fingerprint density at radius 1 is 0.339 bits per heavy atom. The molecule has 0 N–H and O–H groups in total. The number of aromatic nitrogens is 1. The van der Waals surface area contributed by atoms with Crippen LogP contribution in [0.4, 0.5) is 17.1 Å². The van der Waals surface area contributed by atoms with Crippen molar-refractivity contribution in [3.8, 4) is 39.1 Å². The molecule has 0 aliphatic heterocycles. The van der Waals surface area contributed by atoms with Crippen molar-refractivity contribution in [2.24, 2.45) is 0 Å². The van der Waals surface area contributed by atoms with Crippen LogP contribution in [0.3, 0.4) is 0 Å². The normalized spacial score (nSPS) is 11.9. The Hall–Kier alpha value is -7.42. The Morgan fingerprint density at radius 2 is 1.00 bits per heavy atom. The molecule has 11 aromatic rings. The molecule has 0 atom stereocenters. The van der Waals surface area contributed by atoms with Crippen LogP contribution < -0.4 is 4.90 Å². The van der Waals surface area contributed by atoms with Crippen molar-refractivity contribution in [2.75, 3.05) is 4.90 Å². The Morgan fingerprint density at radius 3 is 1.91 bits per heavy atom. The van der Waals surface area contributed by atoms with Crippen molar-refractivity contribution in [3.63, 3.8) is 0 Å². The number of benzene rings is 10. The minimum atomic E-state index is 1.10. The molecule has 1 heterocycles. The third-order valence-corrected chi connectivity index (χ3v) is 11.8. The number of anilines is 3. The second-order valence-electron chi connectivity index (χ2n) is 14.9. The van der Waals surface area contributed by atoms with Gasteiger partial charge in [-0.25, -0.2) is 0 Å². The van der Waals surface area contributed by atoms with Crippen LogP contribution in [0.2, 0.25) is 0 Å². The summed E-state index contributed by atoms with van der Waals surface area (Å²) < 4.78 is 2.45. The standard InChI is InChI=1S/C54H34N2/c1-2-15-36(16-3-1)42-20-8-10-25-48(42)55(50-27-13-24-47-46-23-12-19-39-32-38-18-6-7-21-43(38)54(52(39)46)53(47)50)41-30-31-45-44-22-9-11-26-49(44)56(51(45)34-41)40-29-28-35-14-4-5-17-37(35)33-40/h1-34H. The molecule has 1 aromatic heterocycles. The van der Waals surface area contributed by atoms with Gasteiger partial charge in [0, 0.05) is 38.8 Å². The van der Waals surface area contributed by atoms with Crippen LogP contribution in [0.5, 0.6) is 0 Å². The van der Waals surface area contributed by atoms with Crippen molar-refractivity contribution in [2.45, 2.75) is 0 Å². The first kappa shape index (κ1) is 31.0. The molecule has 2 nitrogen and oxygen atoms in total. The van der Waals surface area contributed by atoms with Gasteiger partial charge in [0.15, 0.2) is 0 Å². The quantitative estimate of drug-likeness (QED) is 0.161. The zero-order valence-corrected chi connectivity index (χ0v) is 30.5. The summed E-state index contributed by atoms with van der Waals surface area (Å²) >= 11 is 0. The lowest BCUT2D eigenvalue weighted by Crippen LogP contribution is -2.12. The molecule has 0 saturated heterocycles. The van der Waals surface area contributed by atoms with E-state index in [1.807, 2.05) is 0 Å². The highest BCUT2D eigenvalue weighted by Crippen LogP contribution is 2.56. The molecular formula is C54H34N2. The molecule has 2 heteroatoms. The first-order chi connectivity index (χ1) is 27.8. The Labute approximate surface area is 324 Å². The van der Waals surface area contributed by atoms with Gasteiger partial charge in [-0.3, -0.25) is 0 Å². The van der Waals surface area contributed by atoms with Crippen molar-refractivity contribution in [1.82, 2.24) is 4.57 Å². The third kappa shape index (κ3) is 4.50. The van der Waals surface area contributed by atoms with Gasteiger partial charge in [0.05, 0.1) is 22.4 Å². The Bertz CT molecular complexity index is 3370. The van der Waals surface area contributed by atoms with Gasteiger partial charge in [0.2, 0.25) is 0 Å². The molecule has 0 spiro atoms. The average Bonchev–Trinajstić information content (AvgIpc) is 3.78. The van der Waals surface area contributed by atoms with Crippen LogP contribution in [-0.4, -0.2) is 4.57 Å². The van der Waals surface area contributed by atoms with E-state index in [4.69, 9.17) is 0 Å². The zero-order valence-electron chi connectivity index (χ0n) is 30.5. The molecule has 0 fully saturated rings. The molecule has 0 saturated carbocycles. The zero-order chi connectivity index (χ0) is 36.7. The van der Waals surface area contributed by atoms with E-state index in [2.05, 4.69) is 216 Å². The van der Waals surface area contributed by atoms with Crippen LogP contribution in [0.1, 0.15) is 0 Å². The van der Waals surface area contributed by atoms with E-state index in [1.54, 1.807) is 0 Å². The van der Waals surface area contributed by atoms with E-state index in [9.17, 15) is 0 Å². The van der Waals surface area contributed by atoms with Crippen molar-refractivity contribution >= 4 is 71.2 Å². The largest absolute Gasteiger partial charge is 0.309 e. The van der Waals surface area contributed by atoms with Crippen LogP contribution in [0.25, 0.3) is 93.2 Å². The lowest BCUT2D eigenvalue weighted by molar-refractivity contribution is 1.18. The summed E-state index contributed by atoms with van der Waals surface area (Å²) in [6.07, 6.45) is 0. The van der Waals surface area contributed by atoms with E-state index < -0.39 is 0 Å². The summed E-state index contributed by atoms with van der Waals surface area (Å²) in [5.74, 6) is 0. The SMILES string of the molecule is c1ccc(-c2ccccc2N(c2ccc3c4ccccc4n(-c4ccc5ccccc5c4)c3c2)c2cccc3c2-c2c4ccccc4cc4cccc-3c24)cc1. The molecule has 10 aromatic carbocycles. The van der Waals surface area contributed by atoms with Gasteiger partial charge in [-0.15, -0.1) is 0 Å². The van der Waals surface area contributed by atoms with Gasteiger partial charge in [-0.05, 0) is 97.5 Å². The fraction of sp³-hybridized carbons (Fsp3) is 0. The van der Waals surface area contributed by atoms with E-state index >= 15 is 0 Å². The van der Waals surface area contributed by atoms with Gasteiger partial charge in [-0.2, -0.15) is 0 Å². The van der Waals surface area contributed by atoms with Crippen molar-refractivity contribution in [1.29, 1.82) is 0 Å². The van der Waals surface area contributed by atoms with E-state index in [1.165, 1.54) is 87.5 Å². The molecule has 1 aliphatic rings. The van der Waals surface area contributed by atoms with E-state index in [0.717, 1.165) is 22.7 Å². The fourth-order valence-electron chi connectivity index (χ4n) is 9.45. The maximum atomic E-state index is 2.52. The molecule has 0 bridgehead atoms. The third-order valence-electron chi connectivity index (χ3n) is 11.8. The molecule has 12 rings (SSSR count). The van der Waals surface area contributed by atoms with Gasteiger partial charge < -0.3 is 9.47 Å². The molecule has 1 aliphatic carbocycles. The first-order valence-corrected chi connectivity index (χ1v) is 19.4. The highest BCUT2D eigenvalue weighted by molar-refractivity contribution is 6.26. The number of nitrogens with zero attached hydrogens (tertiary/aromatic N) is 2. The second kappa shape index (κ2) is 12.0. The van der Waals surface area contributed by atoms with Crippen LogP contribution >= 0.6 is 0 Å². The minimum Gasteiger partial charge on any atom is -0.309 e. The van der Waals surface area contributed by atoms with Gasteiger partial charge in [0.1, 0.15) is 0 Å². The highest BCUT2D eigenvalue weighted by atomic mass is 15.2. The molecule has 56 heavy (non-hydrogen) atoms. The average molecular weight is 711 g/mol. The first-order valence-electron chi connectivity index (χ1n) is 19.4. The summed E-state index contributed by atoms with van der Waals surface area (Å²) in [4.78, 5) is 2.52. The van der Waals surface area contributed by atoms with Gasteiger partial charge in [-0.1, -0.05) is 158 Å². The number of fused-ring (bicyclic) bond motifs is 9. The minimum absolute atomic E-state index is 1.10. The summed E-state index contributed by atoms with van der Waals surface area (Å²) in [6.45, 7) is 0. The molecule has 0 amide bonds. The lowest BCUT2D eigenvalue weighted by atomic mass is 9.94. The number of rotatable bonds is 5. The fourth-order valence-corrected chi connectivity index (χ4v) is 9.45. The van der Waals surface area contributed by atoms with Crippen molar-refractivity contribution < 1.29 is 0 Å². The molecule has 260 valence electrons. The highest BCUT2D eigenvalue weighted by Gasteiger charge is 2.30. The van der Waals surface area contributed by atoms with Crippen molar-refractivity contribution in [3.05, 3.63) is 206 Å².